The van der Waals surface area contributed by atoms with Crippen LogP contribution < -0.4 is 5.32 Å². The number of carboxylic acid groups (broad SMARTS) is 1. The first kappa shape index (κ1) is 17.4. The molecular formula is C21H16FNO3. The van der Waals surface area contributed by atoms with Crippen molar-refractivity contribution in [3.8, 4) is 0 Å². The zero-order valence-electron chi connectivity index (χ0n) is 14.0. The molecule has 2 N–H and O–H groups in total. The molecule has 5 heteroatoms. The number of aromatic carboxylic acids is 1. The molecule has 0 heterocycles. The Morgan fingerprint density at radius 3 is 2.46 bits per heavy atom. The number of rotatable bonds is 4. The summed E-state index contributed by atoms with van der Waals surface area (Å²) < 4.78 is 14.6. The first-order chi connectivity index (χ1) is 12.5. The Kier molecular flexibility index (Phi) is 4.80. The highest BCUT2D eigenvalue weighted by molar-refractivity contribution is 6.09. The molecule has 3 aromatic carbocycles. The summed E-state index contributed by atoms with van der Waals surface area (Å²) in [5.41, 5.74) is 0.740. The molecule has 0 atom stereocenters. The number of carboxylic acids is 1. The Bertz CT molecular complexity index is 1040. The Balaban J connectivity index is 1.90. The van der Waals surface area contributed by atoms with E-state index in [1.165, 1.54) is 18.2 Å². The summed E-state index contributed by atoms with van der Waals surface area (Å²) >= 11 is 0. The number of benzene rings is 3. The Morgan fingerprint density at radius 2 is 1.69 bits per heavy atom. The second-order valence-electron chi connectivity index (χ2n) is 5.82. The number of carbonyl (C=O) groups is 2. The fourth-order valence-corrected chi connectivity index (χ4v) is 2.66. The summed E-state index contributed by atoms with van der Waals surface area (Å²) in [5.74, 6) is -2.03. The average molecular weight is 349 g/mol. The fraction of sp³-hybridized carbons (Fsp3) is 0.0476. The summed E-state index contributed by atoms with van der Waals surface area (Å²) in [7, 11) is 0. The van der Waals surface area contributed by atoms with Crippen LogP contribution in [-0.2, 0) is 4.79 Å². The van der Waals surface area contributed by atoms with Crippen molar-refractivity contribution >= 4 is 34.4 Å². The van der Waals surface area contributed by atoms with Crippen LogP contribution in [0.25, 0.3) is 16.8 Å². The second kappa shape index (κ2) is 7.19. The number of amides is 1. The number of para-hydroxylation sites is 1. The van der Waals surface area contributed by atoms with Gasteiger partial charge in [-0.2, -0.15) is 0 Å². The van der Waals surface area contributed by atoms with Crippen molar-refractivity contribution in [1.29, 1.82) is 0 Å². The van der Waals surface area contributed by atoms with E-state index in [4.69, 9.17) is 0 Å². The minimum Gasteiger partial charge on any atom is -0.478 e. The van der Waals surface area contributed by atoms with E-state index in [1.807, 2.05) is 12.1 Å². The van der Waals surface area contributed by atoms with Gasteiger partial charge in [0.2, 0.25) is 0 Å². The van der Waals surface area contributed by atoms with Gasteiger partial charge in [-0.15, -0.1) is 0 Å². The molecule has 3 rings (SSSR count). The molecule has 0 unspecified atom stereocenters. The number of hydrogen-bond acceptors (Lipinski definition) is 2. The molecule has 0 saturated heterocycles. The quantitative estimate of drug-likeness (QED) is 0.670. The van der Waals surface area contributed by atoms with Crippen molar-refractivity contribution in [1.82, 2.24) is 0 Å². The molecule has 0 aliphatic carbocycles. The molecule has 0 saturated carbocycles. The van der Waals surface area contributed by atoms with Gasteiger partial charge in [0.25, 0.3) is 5.91 Å². The van der Waals surface area contributed by atoms with Crippen LogP contribution in [0, 0.1) is 5.82 Å². The van der Waals surface area contributed by atoms with Crippen molar-refractivity contribution in [2.75, 3.05) is 5.32 Å². The van der Waals surface area contributed by atoms with Crippen LogP contribution in [0.5, 0.6) is 0 Å². The highest BCUT2D eigenvalue weighted by Gasteiger charge is 2.13. The molecule has 130 valence electrons. The van der Waals surface area contributed by atoms with Crippen molar-refractivity contribution in [3.63, 3.8) is 0 Å². The van der Waals surface area contributed by atoms with Gasteiger partial charge in [0, 0.05) is 16.5 Å². The SMILES string of the molecule is C/C(=C\c1ccc2ccccc2c1F)C(=O)Nc1ccccc1C(=O)O. The van der Waals surface area contributed by atoms with Gasteiger partial charge in [0.15, 0.2) is 0 Å². The summed E-state index contributed by atoms with van der Waals surface area (Å²) in [6.45, 7) is 1.55. The van der Waals surface area contributed by atoms with Gasteiger partial charge in [0.05, 0.1) is 11.3 Å². The van der Waals surface area contributed by atoms with Gasteiger partial charge < -0.3 is 10.4 Å². The summed E-state index contributed by atoms with van der Waals surface area (Å²) in [6.07, 6.45) is 1.44. The molecule has 1 amide bonds. The molecule has 26 heavy (non-hydrogen) atoms. The molecule has 0 fully saturated rings. The molecule has 0 aromatic heterocycles. The number of anilines is 1. The number of fused-ring (bicyclic) bond motifs is 1. The predicted octanol–water partition coefficient (Wildman–Crippen LogP) is 4.72. The Morgan fingerprint density at radius 1 is 1.00 bits per heavy atom. The summed E-state index contributed by atoms with van der Waals surface area (Å²) in [4.78, 5) is 23.6. The van der Waals surface area contributed by atoms with Crippen LogP contribution in [0.1, 0.15) is 22.8 Å². The summed E-state index contributed by atoms with van der Waals surface area (Å²) in [6, 6.07) is 16.6. The van der Waals surface area contributed by atoms with Crippen molar-refractivity contribution in [2.24, 2.45) is 0 Å². The monoisotopic (exact) mass is 349 g/mol. The highest BCUT2D eigenvalue weighted by Crippen LogP contribution is 2.23. The van der Waals surface area contributed by atoms with Gasteiger partial charge in [-0.25, -0.2) is 9.18 Å². The van der Waals surface area contributed by atoms with E-state index in [-0.39, 0.29) is 16.8 Å². The molecule has 3 aromatic rings. The van der Waals surface area contributed by atoms with Gasteiger partial charge in [-0.3, -0.25) is 4.79 Å². The third-order valence-electron chi connectivity index (χ3n) is 4.03. The van der Waals surface area contributed by atoms with Gasteiger partial charge in [0.1, 0.15) is 5.82 Å². The topological polar surface area (TPSA) is 66.4 Å². The molecule has 0 radical (unpaired) electrons. The van der Waals surface area contributed by atoms with Gasteiger partial charge in [-0.1, -0.05) is 48.5 Å². The van der Waals surface area contributed by atoms with E-state index in [1.54, 1.807) is 43.3 Å². The maximum atomic E-state index is 14.6. The maximum Gasteiger partial charge on any atom is 0.337 e. The van der Waals surface area contributed by atoms with E-state index in [9.17, 15) is 19.1 Å². The minimum atomic E-state index is -1.14. The Labute approximate surface area is 149 Å². The zero-order valence-corrected chi connectivity index (χ0v) is 14.0. The Hall–Kier alpha value is -3.47. The van der Waals surface area contributed by atoms with Gasteiger partial charge >= 0.3 is 5.97 Å². The highest BCUT2D eigenvalue weighted by atomic mass is 19.1. The largest absolute Gasteiger partial charge is 0.478 e. The standard InChI is InChI=1S/C21H16FNO3/c1-13(20(24)23-18-9-5-4-8-17(18)21(25)26)12-15-11-10-14-6-2-3-7-16(14)19(15)22/h2-12H,1H3,(H,23,24)(H,25,26)/b13-12+. The number of nitrogens with one attached hydrogen (secondary N) is 1. The smallest absolute Gasteiger partial charge is 0.337 e. The van der Waals surface area contributed by atoms with E-state index in [0.29, 0.717) is 10.9 Å². The lowest BCUT2D eigenvalue weighted by molar-refractivity contribution is -0.112. The minimum absolute atomic E-state index is 0.00876. The van der Waals surface area contributed by atoms with E-state index < -0.39 is 17.7 Å². The van der Waals surface area contributed by atoms with E-state index in [2.05, 4.69) is 5.32 Å². The lowest BCUT2D eigenvalue weighted by atomic mass is 10.0. The van der Waals surface area contributed by atoms with Crippen LogP contribution in [-0.4, -0.2) is 17.0 Å². The van der Waals surface area contributed by atoms with Crippen LogP contribution in [0.3, 0.4) is 0 Å². The zero-order chi connectivity index (χ0) is 18.7. The molecule has 0 aliphatic heterocycles. The fourth-order valence-electron chi connectivity index (χ4n) is 2.66. The number of halogens is 1. The average Bonchev–Trinajstić information content (AvgIpc) is 2.64. The maximum absolute atomic E-state index is 14.6. The lowest BCUT2D eigenvalue weighted by Gasteiger charge is -2.09. The van der Waals surface area contributed by atoms with E-state index >= 15 is 0 Å². The molecular weight excluding hydrogens is 333 g/mol. The molecule has 0 spiro atoms. The van der Waals surface area contributed by atoms with Crippen molar-refractivity contribution < 1.29 is 19.1 Å². The van der Waals surface area contributed by atoms with Crippen molar-refractivity contribution in [3.05, 3.63) is 83.2 Å². The third-order valence-corrected chi connectivity index (χ3v) is 4.03. The predicted molar refractivity (Wildman–Crippen MR) is 99.6 cm³/mol. The van der Waals surface area contributed by atoms with Crippen LogP contribution >= 0.6 is 0 Å². The third kappa shape index (κ3) is 3.47. The van der Waals surface area contributed by atoms with Crippen LogP contribution in [0.15, 0.2) is 66.2 Å². The first-order valence-corrected chi connectivity index (χ1v) is 7.96. The van der Waals surface area contributed by atoms with Crippen molar-refractivity contribution in [2.45, 2.75) is 6.92 Å². The first-order valence-electron chi connectivity index (χ1n) is 7.96. The summed E-state index contributed by atoms with van der Waals surface area (Å²) in [5, 5.41) is 13.0. The van der Waals surface area contributed by atoms with Gasteiger partial charge in [-0.05, 0) is 30.5 Å². The number of hydrogen-bond donors (Lipinski definition) is 2. The van der Waals surface area contributed by atoms with Crippen LogP contribution in [0.4, 0.5) is 10.1 Å². The number of carbonyl (C=O) groups excluding carboxylic acids is 1. The molecule has 4 nitrogen and oxygen atoms in total. The molecule has 0 aliphatic rings. The lowest BCUT2D eigenvalue weighted by Crippen LogP contribution is -2.15. The normalized spacial score (nSPS) is 11.4. The second-order valence-corrected chi connectivity index (χ2v) is 5.82. The van der Waals surface area contributed by atoms with Crippen LogP contribution in [0.2, 0.25) is 0 Å². The van der Waals surface area contributed by atoms with E-state index in [0.717, 1.165) is 5.39 Å². The molecule has 0 bridgehead atoms.